The summed E-state index contributed by atoms with van der Waals surface area (Å²) in [6.45, 7) is 0.784. The van der Waals surface area contributed by atoms with Gasteiger partial charge in [-0.25, -0.2) is 0 Å². The van der Waals surface area contributed by atoms with Crippen LogP contribution in [0.15, 0.2) is 48.5 Å². The van der Waals surface area contributed by atoms with E-state index in [0.29, 0.717) is 5.56 Å². The molecule has 1 heterocycles. The van der Waals surface area contributed by atoms with E-state index in [0.717, 1.165) is 12.4 Å². The topological polar surface area (TPSA) is 30.0 Å². The van der Waals surface area contributed by atoms with Crippen LogP contribution in [0.25, 0.3) is 0 Å². The molecule has 0 N–H and O–H groups in total. The van der Waals surface area contributed by atoms with Crippen molar-refractivity contribution in [3.8, 4) is 6.07 Å². The second kappa shape index (κ2) is 4.58. The minimum atomic E-state index is 0.687. The zero-order valence-corrected chi connectivity index (χ0v) is 10.7. The van der Waals surface area contributed by atoms with E-state index in [1.54, 1.807) is 0 Å². The summed E-state index contributed by atoms with van der Waals surface area (Å²) < 4.78 is 2.16. The molecule has 0 spiro atoms. The van der Waals surface area contributed by atoms with Crippen LogP contribution in [0.3, 0.4) is 0 Å². The molecule has 0 amide bonds. The number of fused-ring (bicyclic) bond motifs is 1. The van der Waals surface area contributed by atoms with Crippen LogP contribution in [-0.2, 0) is 0 Å². The zero-order chi connectivity index (χ0) is 13.2. The predicted octanol–water partition coefficient (Wildman–Crippen LogP) is 2.73. The van der Waals surface area contributed by atoms with Crippen molar-refractivity contribution in [2.75, 3.05) is 18.6 Å². The Balaban J connectivity index is 2.08. The van der Waals surface area contributed by atoms with Gasteiger partial charge in [-0.15, -0.1) is 0 Å². The van der Waals surface area contributed by atoms with Crippen LogP contribution in [-0.4, -0.2) is 24.5 Å². The Bertz CT molecular complexity index is 695. The monoisotopic (exact) mass is 248 g/mol. The highest BCUT2D eigenvalue weighted by Crippen LogP contribution is 2.24. The standard InChI is InChI=1S/C16H14N3/c1-18-12-19(11-14-6-2-3-8-16(14)18)15-7-4-5-13(9-15)10-17/h2-9,11H,12H2,1H3/q+1. The Kier molecular flexibility index (Phi) is 2.77. The van der Waals surface area contributed by atoms with Gasteiger partial charge in [-0.05, 0) is 18.2 Å². The maximum Gasteiger partial charge on any atom is 0.224 e. The van der Waals surface area contributed by atoms with Crippen molar-refractivity contribution in [2.45, 2.75) is 0 Å². The van der Waals surface area contributed by atoms with Crippen LogP contribution >= 0.6 is 0 Å². The molecular formula is C16H14N3+. The average Bonchev–Trinajstić information content (AvgIpc) is 2.47. The molecule has 0 saturated carbocycles. The molecule has 19 heavy (non-hydrogen) atoms. The van der Waals surface area contributed by atoms with Gasteiger partial charge in [0.1, 0.15) is 0 Å². The summed E-state index contributed by atoms with van der Waals surface area (Å²) in [5, 5.41) is 8.98. The maximum absolute atomic E-state index is 8.98. The molecule has 3 nitrogen and oxygen atoms in total. The van der Waals surface area contributed by atoms with Crippen LogP contribution in [0.1, 0.15) is 11.1 Å². The Morgan fingerprint density at radius 3 is 2.84 bits per heavy atom. The number of nitrogens with zero attached hydrogens (tertiary/aromatic N) is 3. The normalized spacial score (nSPS) is 13.5. The Hall–Kier alpha value is -2.60. The Morgan fingerprint density at radius 1 is 1.16 bits per heavy atom. The molecule has 0 atom stereocenters. The fourth-order valence-corrected chi connectivity index (χ4v) is 2.37. The van der Waals surface area contributed by atoms with Crippen molar-refractivity contribution in [1.82, 2.24) is 0 Å². The predicted molar refractivity (Wildman–Crippen MR) is 76.0 cm³/mol. The molecule has 3 heteroatoms. The highest BCUT2D eigenvalue weighted by atomic mass is 15.3. The number of nitriles is 1. The minimum absolute atomic E-state index is 0.687. The van der Waals surface area contributed by atoms with E-state index < -0.39 is 0 Å². The second-order valence-corrected chi connectivity index (χ2v) is 4.66. The van der Waals surface area contributed by atoms with Crippen molar-refractivity contribution in [1.29, 1.82) is 5.26 Å². The van der Waals surface area contributed by atoms with E-state index in [4.69, 9.17) is 5.26 Å². The summed E-state index contributed by atoms with van der Waals surface area (Å²) in [4.78, 5) is 2.20. The second-order valence-electron chi connectivity index (χ2n) is 4.66. The Labute approximate surface area is 112 Å². The fraction of sp³-hybridized carbons (Fsp3) is 0.125. The van der Waals surface area contributed by atoms with Crippen molar-refractivity contribution in [3.63, 3.8) is 0 Å². The first-order chi connectivity index (χ1) is 9.28. The molecule has 0 aromatic heterocycles. The molecule has 0 saturated heterocycles. The Morgan fingerprint density at radius 2 is 2.00 bits per heavy atom. The third-order valence-electron chi connectivity index (χ3n) is 3.31. The van der Waals surface area contributed by atoms with Crippen molar-refractivity contribution >= 4 is 17.6 Å². The molecule has 1 aliphatic rings. The van der Waals surface area contributed by atoms with Gasteiger partial charge in [-0.2, -0.15) is 9.84 Å². The number of hydrogen-bond donors (Lipinski definition) is 0. The molecule has 0 radical (unpaired) electrons. The van der Waals surface area contributed by atoms with Crippen LogP contribution in [0, 0.1) is 11.3 Å². The van der Waals surface area contributed by atoms with Crippen molar-refractivity contribution < 1.29 is 4.58 Å². The van der Waals surface area contributed by atoms with E-state index >= 15 is 0 Å². The van der Waals surface area contributed by atoms with E-state index in [-0.39, 0.29) is 0 Å². The molecule has 92 valence electrons. The maximum atomic E-state index is 8.98. The van der Waals surface area contributed by atoms with E-state index in [9.17, 15) is 0 Å². The highest BCUT2D eigenvalue weighted by molar-refractivity contribution is 5.86. The molecule has 0 unspecified atom stereocenters. The van der Waals surface area contributed by atoms with Gasteiger partial charge in [0.2, 0.25) is 12.4 Å². The van der Waals surface area contributed by atoms with E-state index in [1.807, 2.05) is 30.3 Å². The zero-order valence-electron chi connectivity index (χ0n) is 10.7. The van der Waals surface area contributed by atoms with E-state index in [1.165, 1.54) is 11.3 Å². The largest absolute Gasteiger partial charge is 0.319 e. The molecule has 2 aromatic rings. The van der Waals surface area contributed by atoms with Gasteiger partial charge in [-0.1, -0.05) is 18.2 Å². The van der Waals surface area contributed by atoms with Gasteiger partial charge in [0, 0.05) is 19.2 Å². The van der Waals surface area contributed by atoms with Crippen molar-refractivity contribution in [2.24, 2.45) is 0 Å². The van der Waals surface area contributed by atoms with Crippen LogP contribution in [0.2, 0.25) is 0 Å². The lowest BCUT2D eigenvalue weighted by molar-refractivity contribution is -0.435. The first-order valence-corrected chi connectivity index (χ1v) is 6.20. The summed E-state index contributed by atoms with van der Waals surface area (Å²) in [5.74, 6) is 0. The molecule has 3 rings (SSSR count). The van der Waals surface area contributed by atoms with Crippen LogP contribution < -0.4 is 4.90 Å². The SMILES string of the molecule is CN1C[N+](c2cccc(C#N)c2)=Cc2ccccc21. The van der Waals surface area contributed by atoms with Gasteiger partial charge < -0.3 is 4.90 Å². The average molecular weight is 248 g/mol. The molecule has 0 bridgehead atoms. The first kappa shape index (κ1) is 11.5. The number of hydrogen-bond acceptors (Lipinski definition) is 2. The van der Waals surface area contributed by atoms with Gasteiger partial charge in [0.25, 0.3) is 0 Å². The molecule has 0 fully saturated rings. The molecule has 1 aliphatic heterocycles. The van der Waals surface area contributed by atoms with Crippen molar-refractivity contribution in [3.05, 3.63) is 59.7 Å². The lowest BCUT2D eigenvalue weighted by atomic mass is 10.1. The third-order valence-corrected chi connectivity index (χ3v) is 3.31. The lowest BCUT2D eigenvalue weighted by Gasteiger charge is -2.23. The highest BCUT2D eigenvalue weighted by Gasteiger charge is 2.21. The fourth-order valence-electron chi connectivity index (χ4n) is 2.37. The quantitative estimate of drug-likeness (QED) is 0.726. The molecular weight excluding hydrogens is 234 g/mol. The minimum Gasteiger partial charge on any atom is -0.319 e. The summed E-state index contributed by atoms with van der Waals surface area (Å²) >= 11 is 0. The summed E-state index contributed by atoms with van der Waals surface area (Å²) in [5.41, 5.74) is 4.15. The molecule has 2 aromatic carbocycles. The van der Waals surface area contributed by atoms with Gasteiger partial charge in [0.05, 0.1) is 22.9 Å². The van der Waals surface area contributed by atoms with Gasteiger partial charge in [0.15, 0.2) is 6.21 Å². The van der Waals surface area contributed by atoms with Crippen LogP contribution in [0.5, 0.6) is 0 Å². The number of rotatable bonds is 1. The van der Waals surface area contributed by atoms with Gasteiger partial charge in [-0.3, -0.25) is 0 Å². The summed E-state index contributed by atoms with van der Waals surface area (Å²) in [6, 6.07) is 18.2. The summed E-state index contributed by atoms with van der Waals surface area (Å²) in [6.07, 6.45) is 2.13. The lowest BCUT2D eigenvalue weighted by Crippen LogP contribution is -2.32. The number of benzene rings is 2. The summed E-state index contributed by atoms with van der Waals surface area (Å²) in [7, 11) is 2.08. The van der Waals surface area contributed by atoms with E-state index in [2.05, 4.69) is 47.0 Å². The number of para-hydroxylation sites is 1. The van der Waals surface area contributed by atoms with Gasteiger partial charge >= 0.3 is 0 Å². The number of anilines is 1. The smallest absolute Gasteiger partial charge is 0.224 e. The molecule has 0 aliphatic carbocycles. The van der Waals surface area contributed by atoms with Crippen LogP contribution in [0.4, 0.5) is 11.4 Å². The first-order valence-electron chi connectivity index (χ1n) is 6.20. The third kappa shape index (κ3) is 2.09.